The van der Waals surface area contributed by atoms with Crippen molar-refractivity contribution in [2.75, 3.05) is 14.2 Å². The van der Waals surface area contributed by atoms with Gasteiger partial charge in [-0.1, -0.05) is 0 Å². The van der Waals surface area contributed by atoms with E-state index in [9.17, 15) is 4.79 Å². The highest BCUT2D eigenvalue weighted by Crippen LogP contribution is 2.53. The Labute approximate surface area is 107 Å². The molecular formula is C14H18O4. The molecule has 1 aliphatic carbocycles. The Bertz CT molecular complexity index is 475. The minimum Gasteiger partial charge on any atom is -0.497 e. The maximum Gasteiger partial charge on any atom is 0.304 e. The van der Waals surface area contributed by atoms with Crippen molar-refractivity contribution < 1.29 is 19.4 Å². The number of methoxy groups -OCH3 is 2. The molecule has 1 fully saturated rings. The fourth-order valence-electron chi connectivity index (χ4n) is 2.52. The van der Waals surface area contributed by atoms with Crippen LogP contribution < -0.4 is 9.47 Å². The van der Waals surface area contributed by atoms with Crippen molar-refractivity contribution in [1.82, 2.24) is 0 Å². The molecule has 0 bridgehead atoms. The maximum atomic E-state index is 11.0. The number of rotatable bonds is 5. The number of ether oxygens (including phenoxy) is 2. The van der Waals surface area contributed by atoms with Gasteiger partial charge in [0, 0.05) is 11.5 Å². The molecule has 1 aliphatic rings. The molecule has 4 heteroatoms. The van der Waals surface area contributed by atoms with Crippen LogP contribution in [-0.4, -0.2) is 25.3 Å². The van der Waals surface area contributed by atoms with Crippen molar-refractivity contribution in [1.29, 1.82) is 0 Å². The van der Waals surface area contributed by atoms with Crippen LogP contribution in [0.5, 0.6) is 11.5 Å². The third-order valence-corrected chi connectivity index (χ3v) is 3.70. The Hall–Kier alpha value is -1.71. The smallest absolute Gasteiger partial charge is 0.304 e. The molecule has 18 heavy (non-hydrogen) atoms. The lowest BCUT2D eigenvalue weighted by atomic mass is 9.88. The van der Waals surface area contributed by atoms with E-state index in [0.29, 0.717) is 5.75 Å². The quantitative estimate of drug-likeness (QED) is 0.872. The van der Waals surface area contributed by atoms with E-state index in [-0.39, 0.29) is 11.8 Å². The molecule has 1 saturated carbocycles. The van der Waals surface area contributed by atoms with Crippen LogP contribution in [0.1, 0.15) is 30.4 Å². The fourth-order valence-corrected chi connectivity index (χ4v) is 2.52. The van der Waals surface area contributed by atoms with Crippen LogP contribution in [0.2, 0.25) is 0 Å². The van der Waals surface area contributed by atoms with E-state index < -0.39 is 5.97 Å². The summed E-state index contributed by atoms with van der Waals surface area (Å²) in [6, 6.07) is 3.77. The van der Waals surface area contributed by atoms with E-state index in [0.717, 1.165) is 29.7 Å². The van der Waals surface area contributed by atoms with Gasteiger partial charge in [-0.2, -0.15) is 0 Å². The third-order valence-electron chi connectivity index (χ3n) is 3.70. The van der Waals surface area contributed by atoms with Gasteiger partial charge in [-0.3, -0.25) is 4.79 Å². The predicted molar refractivity (Wildman–Crippen MR) is 67.4 cm³/mol. The lowest BCUT2D eigenvalue weighted by molar-refractivity contribution is -0.137. The van der Waals surface area contributed by atoms with E-state index in [2.05, 4.69) is 0 Å². The number of aliphatic carboxylic acids is 1. The number of carbonyl (C=O) groups is 1. The zero-order chi connectivity index (χ0) is 13.3. The first-order chi connectivity index (χ1) is 8.52. The second-order valence-corrected chi connectivity index (χ2v) is 4.85. The van der Waals surface area contributed by atoms with Crippen molar-refractivity contribution in [3.05, 3.63) is 23.3 Å². The molecule has 0 heterocycles. The van der Waals surface area contributed by atoms with Crippen LogP contribution in [-0.2, 0) is 10.2 Å². The molecule has 98 valence electrons. The van der Waals surface area contributed by atoms with Crippen molar-refractivity contribution in [3.8, 4) is 11.5 Å². The first-order valence-corrected chi connectivity index (χ1v) is 5.97. The topological polar surface area (TPSA) is 55.8 Å². The molecule has 0 aliphatic heterocycles. The normalized spacial score (nSPS) is 16.2. The molecule has 1 aromatic rings. The van der Waals surface area contributed by atoms with Gasteiger partial charge in [0.1, 0.15) is 11.5 Å². The third kappa shape index (κ3) is 2.15. The van der Waals surface area contributed by atoms with Gasteiger partial charge >= 0.3 is 5.97 Å². The van der Waals surface area contributed by atoms with E-state index in [1.165, 1.54) is 0 Å². The summed E-state index contributed by atoms with van der Waals surface area (Å²) in [7, 11) is 3.22. The first-order valence-electron chi connectivity index (χ1n) is 5.97. The van der Waals surface area contributed by atoms with E-state index in [4.69, 9.17) is 14.6 Å². The molecule has 0 radical (unpaired) electrons. The van der Waals surface area contributed by atoms with E-state index in [1.54, 1.807) is 14.2 Å². The molecule has 0 saturated heterocycles. The van der Waals surface area contributed by atoms with E-state index in [1.807, 2.05) is 19.1 Å². The predicted octanol–water partition coefficient (Wildman–Crippen LogP) is 2.52. The summed E-state index contributed by atoms with van der Waals surface area (Å²) in [5.74, 6) is 0.707. The lowest BCUT2D eigenvalue weighted by Crippen LogP contribution is -2.15. The minimum atomic E-state index is -0.756. The maximum absolute atomic E-state index is 11.0. The van der Waals surface area contributed by atoms with Crippen molar-refractivity contribution in [2.24, 2.45) is 0 Å². The van der Waals surface area contributed by atoms with Crippen LogP contribution in [0.15, 0.2) is 12.1 Å². The largest absolute Gasteiger partial charge is 0.497 e. The average Bonchev–Trinajstić information content (AvgIpc) is 3.09. The van der Waals surface area contributed by atoms with Crippen molar-refractivity contribution in [2.45, 2.75) is 31.6 Å². The molecule has 0 amide bonds. The van der Waals surface area contributed by atoms with Gasteiger partial charge in [0.2, 0.25) is 0 Å². The minimum absolute atomic E-state index is 0.171. The Kier molecular flexibility index (Phi) is 3.20. The highest BCUT2D eigenvalue weighted by Gasteiger charge is 2.47. The zero-order valence-electron chi connectivity index (χ0n) is 10.9. The molecule has 0 aromatic heterocycles. The summed E-state index contributed by atoms with van der Waals surface area (Å²) < 4.78 is 10.6. The standard InChI is InChI=1S/C14H18O4/c1-9-11(14(4-5-14)8-13(15)16)6-10(17-2)7-12(9)18-3/h6-7H,4-5,8H2,1-3H3,(H,15,16). The second kappa shape index (κ2) is 4.52. The SMILES string of the molecule is COc1cc(OC)c(C)c(C2(CC(=O)O)CC2)c1. The van der Waals surface area contributed by atoms with Crippen LogP contribution in [0.25, 0.3) is 0 Å². The number of carboxylic acids is 1. The highest BCUT2D eigenvalue weighted by atomic mass is 16.5. The van der Waals surface area contributed by atoms with Crippen LogP contribution in [0.3, 0.4) is 0 Å². The number of hydrogen-bond acceptors (Lipinski definition) is 3. The summed E-state index contributed by atoms with van der Waals surface area (Å²) in [5.41, 5.74) is 1.83. The van der Waals surface area contributed by atoms with Crippen LogP contribution in [0.4, 0.5) is 0 Å². The highest BCUT2D eigenvalue weighted by molar-refractivity contribution is 5.70. The molecule has 1 N–H and O–H groups in total. The van der Waals surface area contributed by atoms with Gasteiger partial charge in [-0.25, -0.2) is 0 Å². The number of carboxylic acid groups (broad SMARTS) is 1. The van der Waals surface area contributed by atoms with E-state index >= 15 is 0 Å². The fraction of sp³-hybridized carbons (Fsp3) is 0.500. The monoisotopic (exact) mass is 250 g/mol. The summed E-state index contributed by atoms with van der Waals surface area (Å²) in [5, 5.41) is 9.03. The van der Waals surface area contributed by atoms with Gasteiger partial charge in [0.05, 0.1) is 20.6 Å². The Morgan fingerprint density at radius 3 is 2.44 bits per heavy atom. The Morgan fingerprint density at radius 1 is 1.33 bits per heavy atom. The number of hydrogen-bond donors (Lipinski definition) is 1. The summed E-state index contributed by atoms with van der Waals surface area (Å²) in [4.78, 5) is 11.0. The Balaban J connectivity index is 2.46. The second-order valence-electron chi connectivity index (χ2n) is 4.85. The Morgan fingerprint density at radius 2 is 2.00 bits per heavy atom. The van der Waals surface area contributed by atoms with Gasteiger partial charge in [-0.15, -0.1) is 0 Å². The van der Waals surface area contributed by atoms with Gasteiger partial charge in [0.25, 0.3) is 0 Å². The lowest BCUT2D eigenvalue weighted by Gasteiger charge is -2.19. The molecule has 2 rings (SSSR count). The van der Waals surface area contributed by atoms with Gasteiger partial charge in [0.15, 0.2) is 0 Å². The molecule has 0 unspecified atom stereocenters. The first kappa shape index (κ1) is 12.7. The zero-order valence-corrected chi connectivity index (χ0v) is 10.9. The van der Waals surface area contributed by atoms with Crippen molar-refractivity contribution in [3.63, 3.8) is 0 Å². The molecule has 0 atom stereocenters. The summed E-state index contributed by atoms with van der Waals surface area (Å²) in [6.45, 7) is 1.97. The molecule has 4 nitrogen and oxygen atoms in total. The van der Waals surface area contributed by atoms with Crippen LogP contribution >= 0.6 is 0 Å². The van der Waals surface area contributed by atoms with Gasteiger partial charge < -0.3 is 14.6 Å². The summed E-state index contributed by atoms with van der Waals surface area (Å²) >= 11 is 0. The molecular weight excluding hydrogens is 232 g/mol. The van der Waals surface area contributed by atoms with Gasteiger partial charge in [-0.05, 0) is 37.0 Å². The van der Waals surface area contributed by atoms with Crippen molar-refractivity contribution >= 4 is 5.97 Å². The molecule has 1 aromatic carbocycles. The average molecular weight is 250 g/mol. The number of benzene rings is 1. The van der Waals surface area contributed by atoms with Crippen LogP contribution in [0, 0.1) is 6.92 Å². The molecule has 0 spiro atoms. The summed E-state index contributed by atoms with van der Waals surface area (Å²) in [6.07, 6.45) is 2.00.